The van der Waals surface area contributed by atoms with Gasteiger partial charge in [0.2, 0.25) is 0 Å². The Morgan fingerprint density at radius 2 is 1.81 bits per heavy atom. The Kier molecular flexibility index (Phi) is 4.80. The highest BCUT2D eigenvalue weighted by Gasteiger charge is 2.30. The van der Waals surface area contributed by atoms with Crippen LogP contribution < -0.4 is 11.1 Å². The largest absolute Gasteiger partial charge is 0.416 e. The fourth-order valence-corrected chi connectivity index (χ4v) is 2.84. The molecule has 2 nitrogen and oxygen atoms in total. The van der Waals surface area contributed by atoms with Crippen LogP contribution >= 0.6 is 11.8 Å². The molecule has 0 aromatic heterocycles. The van der Waals surface area contributed by atoms with E-state index in [1.807, 2.05) is 31.3 Å². The van der Waals surface area contributed by atoms with E-state index in [2.05, 4.69) is 5.32 Å². The first kappa shape index (κ1) is 15.7. The highest BCUT2D eigenvalue weighted by Crippen LogP contribution is 2.37. The van der Waals surface area contributed by atoms with Gasteiger partial charge in [-0.2, -0.15) is 13.2 Å². The molecule has 0 unspecified atom stereocenters. The first-order valence-electron chi connectivity index (χ1n) is 6.29. The van der Waals surface area contributed by atoms with Crippen molar-refractivity contribution in [1.29, 1.82) is 0 Å². The van der Waals surface area contributed by atoms with E-state index in [1.165, 1.54) is 17.8 Å². The van der Waals surface area contributed by atoms with Crippen LogP contribution in [0.3, 0.4) is 0 Å². The first-order chi connectivity index (χ1) is 9.91. The van der Waals surface area contributed by atoms with E-state index >= 15 is 0 Å². The van der Waals surface area contributed by atoms with Gasteiger partial charge >= 0.3 is 6.18 Å². The number of alkyl halides is 3. The van der Waals surface area contributed by atoms with E-state index in [0.717, 1.165) is 22.6 Å². The number of nitrogens with one attached hydrogen (secondary N) is 1. The molecule has 2 aromatic carbocycles. The summed E-state index contributed by atoms with van der Waals surface area (Å²) in [5, 5.41) is 3.06. The van der Waals surface area contributed by atoms with Gasteiger partial charge in [0.15, 0.2) is 0 Å². The maximum Gasteiger partial charge on any atom is 0.416 e. The van der Waals surface area contributed by atoms with Crippen molar-refractivity contribution in [3.63, 3.8) is 0 Å². The Balaban J connectivity index is 2.28. The number of nitrogens with two attached hydrogens (primary N) is 1. The average Bonchev–Trinajstić information content (AvgIpc) is 2.42. The molecule has 0 atom stereocenters. The highest BCUT2D eigenvalue weighted by atomic mass is 32.2. The van der Waals surface area contributed by atoms with Gasteiger partial charge in [-0.1, -0.05) is 30.0 Å². The molecule has 0 fully saturated rings. The molecule has 0 saturated carbocycles. The van der Waals surface area contributed by atoms with Crippen LogP contribution in [-0.4, -0.2) is 7.05 Å². The zero-order valence-corrected chi connectivity index (χ0v) is 12.2. The van der Waals surface area contributed by atoms with Crippen LogP contribution in [0.15, 0.2) is 52.3 Å². The van der Waals surface area contributed by atoms with Crippen LogP contribution in [0.2, 0.25) is 0 Å². The second-order valence-electron chi connectivity index (χ2n) is 4.49. The topological polar surface area (TPSA) is 38.0 Å². The molecule has 2 aromatic rings. The predicted molar refractivity (Wildman–Crippen MR) is 79.2 cm³/mol. The highest BCUT2D eigenvalue weighted by molar-refractivity contribution is 7.99. The normalized spacial score (nSPS) is 11.6. The molecule has 6 heteroatoms. The van der Waals surface area contributed by atoms with Crippen molar-refractivity contribution >= 4 is 17.4 Å². The Bertz CT molecular complexity index is 627. The lowest BCUT2D eigenvalue weighted by Gasteiger charge is -2.12. The predicted octanol–water partition coefficient (Wildman–Crippen LogP) is 4.16. The van der Waals surface area contributed by atoms with E-state index in [1.54, 1.807) is 0 Å². The zero-order chi connectivity index (χ0) is 15.5. The van der Waals surface area contributed by atoms with Crippen molar-refractivity contribution in [2.24, 2.45) is 0 Å². The van der Waals surface area contributed by atoms with Crippen LogP contribution in [0, 0.1) is 0 Å². The minimum absolute atomic E-state index is 0.133. The minimum Gasteiger partial charge on any atom is -0.398 e. The summed E-state index contributed by atoms with van der Waals surface area (Å²) in [6, 6.07) is 11.2. The van der Waals surface area contributed by atoms with Gasteiger partial charge in [-0.15, -0.1) is 0 Å². The van der Waals surface area contributed by atoms with Crippen molar-refractivity contribution in [2.75, 3.05) is 12.8 Å². The lowest BCUT2D eigenvalue weighted by atomic mass is 10.2. The second kappa shape index (κ2) is 6.41. The molecular formula is C15H15F3N2S. The van der Waals surface area contributed by atoms with Crippen molar-refractivity contribution in [3.05, 3.63) is 53.6 Å². The Morgan fingerprint density at radius 1 is 1.10 bits per heavy atom. The summed E-state index contributed by atoms with van der Waals surface area (Å²) in [5.41, 5.74) is 6.23. The third-order valence-electron chi connectivity index (χ3n) is 2.90. The van der Waals surface area contributed by atoms with Crippen molar-refractivity contribution in [1.82, 2.24) is 5.32 Å². The van der Waals surface area contributed by atoms with Crippen molar-refractivity contribution < 1.29 is 13.2 Å². The van der Waals surface area contributed by atoms with Crippen LogP contribution in [0.4, 0.5) is 18.9 Å². The monoisotopic (exact) mass is 313 g/mol. The maximum atomic E-state index is 12.6. The Hall–Kier alpha value is -1.66. The lowest BCUT2D eigenvalue weighted by Crippen LogP contribution is -2.06. The number of nitrogen functional groups attached to an aromatic ring is 1. The minimum atomic E-state index is -4.37. The lowest BCUT2D eigenvalue weighted by molar-refractivity contribution is -0.137. The first-order valence-corrected chi connectivity index (χ1v) is 7.10. The van der Waals surface area contributed by atoms with Gasteiger partial charge in [0.25, 0.3) is 0 Å². The zero-order valence-electron chi connectivity index (χ0n) is 11.4. The molecule has 0 radical (unpaired) electrons. The van der Waals surface area contributed by atoms with Gasteiger partial charge in [-0.25, -0.2) is 0 Å². The van der Waals surface area contributed by atoms with Gasteiger partial charge in [0, 0.05) is 22.0 Å². The molecule has 2 rings (SSSR count). The summed E-state index contributed by atoms with van der Waals surface area (Å²) in [5.74, 6) is 0. The summed E-state index contributed by atoms with van der Waals surface area (Å²) in [6.07, 6.45) is -4.37. The van der Waals surface area contributed by atoms with Crippen LogP contribution in [0.1, 0.15) is 11.1 Å². The fraction of sp³-hybridized carbons (Fsp3) is 0.200. The molecular weight excluding hydrogens is 298 g/mol. The standard InChI is InChI=1S/C15H15F3N2S/c1-20-9-10-4-2-3-5-13(10)21-14-7-6-11(8-12(14)19)15(16,17)18/h2-8,20H,9,19H2,1H3/i1+1. The molecule has 0 aliphatic rings. The van der Waals surface area contributed by atoms with Gasteiger partial charge < -0.3 is 11.1 Å². The van der Waals surface area contributed by atoms with Crippen molar-refractivity contribution in [2.45, 2.75) is 22.5 Å². The molecule has 0 aliphatic carbocycles. The van der Waals surface area contributed by atoms with Gasteiger partial charge in [-0.05, 0) is 36.9 Å². The third-order valence-corrected chi connectivity index (χ3v) is 4.11. The van der Waals surface area contributed by atoms with Crippen molar-refractivity contribution in [3.8, 4) is 0 Å². The van der Waals surface area contributed by atoms with E-state index in [0.29, 0.717) is 11.4 Å². The summed E-state index contributed by atoms with van der Waals surface area (Å²) in [7, 11) is 1.84. The number of anilines is 1. The fourth-order valence-electron chi connectivity index (χ4n) is 1.88. The quantitative estimate of drug-likeness (QED) is 0.657. The Labute approximate surface area is 125 Å². The van der Waals surface area contributed by atoms with Crippen LogP contribution in [-0.2, 0) is 12.7 Å². The maximum absolute atomic E-state index is 12.6. The molecule has 112 valence electrons. The van der Waals surface area contributed by atoms with Gasteiger partial charge in [-0.3, -0.25) is 0 Å². The summed E-state index contributed by atoms with van der Waals surface area (Å²) in [6.45, 7) is 0.684. The SMILES string of the molecule is [13CH3]NCc1ccccc1Sc1ccc(C(F)(F)F)cc1N. The molecule has 0 saturated heterocycles. The molecule has 21 heavy (non-hydrogen) atoms. The van der Waals surface area contributed by atoms with Crippen LogP contribution in [0.25, 0.3) is 0 Å². The summed E-state index contributed by atoms with van der Waals surface area (Å²) < 4.78 is 37.9. The second-order valence-corrected chi connectivity index (χ2v) is 5.57. The molecule has 0 bridgehead atoms. The average molecular weight is 313 g/mol. The molecule has 0 amide bonds. The van der Waals surface area contributed by atoms with Gasteiger partial charge in [0.1, 0.15) is 0 Å². The smallest absolute Gasteiger partial charge is 0.398 e. The number of benzene rings is 2. The number of hydrogen-bond donors (Lipinski definition) is 2. The van der Waals surface area contributed by atoms with E-state index in [4.69, 9.17) is 5.73 Å². The molecule has 0 aliphatic heterocycles. The third kappa shape index (κ3) is 3.92. The van der Waals surface area contributed by atoms with E-state index in [-0.39, 0.29) is 5.69 Å². The Morgan fingerprint density at radius 3 is 2.43 bits per heavy atom. The molecule has 0 heterocycles. The van der Waals surface area contributed by atoms with E-state index in [9.17, 15) is 13.2 Å². The van der Waals surface area contributed by atoms with Crippen LogP contribution in [0.5, 0.6) is 0 Å². The van der Waals surface area contributed by atoms with E-state index < -0.39 is 11.7 Å². The summed E-state index contributed by atoms with van der Waals surface area (Å²) in [4.78, 5) is 1.59. The van der Waals surface area contributed by atoms with Gasteiger partial charge in [0.05, 0.1) is 5.56 Å². The number of hydrogen-bond acceptors (Lipinski definition) is 3. The summed E-state index contributed by atoms with van der Waals surface area (Å²) >= 11 is 1.37. The molecule has 0 spiro atoms. The number of rotatable bonds is 4. The molecule has 3 N–H and O–H groups in total. The number of halogens is 3.